The number of piperazine rings is 1. The van der Waals surface area contributed by atoms with E-state index in [2.05, 4.69) is 6.92 Å². The molecule has 0 unspecified atom stereocenters. The van der Waals surface area contributed by atoms with Crippen LogP contribution in [0.1, 0.15) is 30.9 Å². The fourth-order valence-electron chi connectivity index (χ4n) is 4.62. The van der Waals surface area contributed by atoms with E-state index >= 15 is 0 Å². The molecule has 3 aromatic rings. The predicted octanol–water partition coefficient (Wildman–Crippen LogP) is 4.47. The van der Waals surface area contributed by atoms with Crippen molar-refractivity contribution in [2.45, 2.75) is 26.7 Å². The number of pyridine rings is 1. The van der Waals surface area contributed by atoms with Gasteiger partial charge in [0.15, 0.2) is 0 Å². The van der Waals surface area contributed by atoms with Crippen LogP contribution >= 0.6 is 24.0 Å². The van der Waals surface area contributed by atoms with Crippen molar-refractivity contribution in [3.05, 3.63) is 74.8 Å². The van der Waals surface area contributed by atoms with Gasteiger partial charge in [0.25, 0.3) is 11.5 Å². The molecule has 0 radical (unpaired) electrons. The average molecular weight is 538 g/mol. The molecule has 0 spiro atoms. The molecular weight excluding hydrogens is 509 g/mol. The molecule has 0 saturated carbocycles. The third-order valence-corrected chi connectivity index (χ3v) is 8.02. The van der Waals surface area contributed by atoms with Crippen molar-refractivity contribution >= 4 is 57.4 Å². The first kappa shape index (κ1) is 25.4. The van der Waals surface area contributed by atoms with Crippen LogP contribution in [0.4, 0.5) is 15.9 Å². The van der Waals surface area contributed by atoms with E-state index in [4.69, 9.17) is 17.2 Å². The Labute approximate surface area is 224 Å². The molecule has 1 amide bonds. The van der Waals surface area contributed by atoms with Crippen molar-refractivity contribution in [2.24, 2.45) is 0 Å². The Morgan fingerprint density at radius 1 is 1.08 bits per heavy atom. The lowest BCUT2D eigenvalue weighted by atomic mass is 10.2. The highest BCUT2D eigenvalue weighted by molar-refractivity contribution is 8.26. The van der Waals surface area contributed by atoms with Crippen LogP contribution in [0.5, 0.6) is 0 Å². The predicted molar refractivity (Wildman–Crippen MR) is 152 cm³/mol. The van der Waals surface area contributed by atoms with Crippen LogP contribution in [-0.4, -0.2) is 57.2 Å². The molecule has 2 saturated heterocycles. The number of para-hydroxylation sites is 1. The first-order chi connectivity index (χ1) is 17.9. The lowest BCUT2D eigenvalue weighted by molar-refractivity contribution is -0.122. The van der Waals surface area contributed by atoms with Gasteiger partial charge in [0.05, 0.1) is 16.2 Å². The molecule has 2 aliphatic heterocycles. The highest BCUT2D eigenvalue weighted by Crippen LogP contribution is 2.34. The SMILES string of the molecule is CCCCN1C(=O)C(=Cc2c(N3CCN(c4ccccc4F)CC3)nc3ccc(C)cn3c2=O)SC1=S. The Balaban J connectivity index is 1.52. The lowest BCUT2D eigenvalue weighted by Gasteiger charge is -2.37. The van der Waals surface area contributed by atoms with Crippen molar-refractivity contribution in [2.75, 3.05) is 42.5 Å². The standard InChI is InChI=1S/C27H28FN5O2S2/c1-3-4-11-32-26(35)22(37-27(32)36)16-19-24(29-23-10-9-18(2)17-33(23)25(19)34)31-14-12-30(13-15-31)21-8-6-5-7-20(21)28/h5-10,16-17H,3-4,11-15H2,1-2H3. The van der Waals surface area contributed by atoms with Crippen molar-refractivity contribution < 1.29 is 9.18 Å². The minimum Gasteiger partial charge on any atom is -0.366 e. The van der Waals surface area contributed by atoms with Crippen LogP contribution in [-0.2, 0) is 4.79 Å². The number of unbranched alkanes of at least 4 members (excludes halogenated alkanes) is 1. The van der Waals surface area contributed by atoms with Crippen molar-refractivity contribution in [1.29, 1.82) is 0 Å². The van der Waals surface area contributed by atoms with Gasteiger partial charge in [0.2, 0.25) is 0 Å². The fraction of sp³-hybridized carbons (Fsp3) is 0.333. The second-order valence-electron chi connectivity index (χ2n) is 9.20. The third kappa shape index (κ3) is 5.00. The Hall–Kier alpha value is -3.24. The number of aromatic nitrogens is 2. The maximum Gasteiger partial charge on any atom is 0.267 e. The van der Waals surface area contributed by atoms with Gasteiger partial charge >= 0.3 is 0 Å². The molecule has 5 rings (SSSR count). The average Bonchev–Trinajstić information content (AvgIpc) is 3.16. The smallest absolute Gasteiger partial charge is 0.267 e. The quantitative estimate of drug-likeness (QED) is 0.340. The zero-order valence-corrected chi connectivity index (χ0v) is 22.4. The highest BCUT2D eigenvalue weighted by atomic mass is 32.2. The van der Waals surface area contributed by atoms with E-state index in [1.165, 1.54) is 22.2 Å². The van der Waals surface area contributed by atoms with Gasteiger partial charge in [-0.1, -0.05) is 55.5 Å². The fourth-order valence-corrected chi connectivity index (χ4v) is 5.91. The molecule has 4 heterocycles. The number of hydrogen-bond acceptors (Lipinski definition) is 7. The monoisotopic (exact) mass is 537 g/mol. The number of thiocarbonyl (C=S) groups is 1. The number of nitrogens with zero attached hydrogens (tertiary/aromatic N) is 5. The first-order valence-electron chi connectivity index (χ1n) is 12.4. The Kier molecular flexibility index (Phi) is 7.30. The summed E-state index contributed by atoms with van der Waals surface area (Å²) >= 11 is 6.68. The summed E-state index contributed by atoms with van der Waals surface area (Å²) in [5.41, 5.74) is 2.16. The second-order valence-corrected chi connectivity index (χ2v) is 10.9. The van der Waals surface area contributed by atoms with Crippen LogP contribution < -0.4 is 15.4 Å². The summed E-state index contributed by atoms with van der Waals surface area (Å²) in [4.78, 5) is 37.8. The van der Waals surface area contributed by atoms with Crippen LogP contribution in [0.3, 0.4) is 0 Å². The number of carbonyl (C=O) groups is 1. The normalized spacial score (nSPS) is 17.5. The molecule has 0 N–H and O–H groups in total. The summed E-state index contributed by atoms with van der Waals surface area (Å²) in [6.45, 7) is 6.82. The van der Waals surface area contributed by atoms with Gasteiger partial charge in [-0.2, -0.15) is 0 Å². The van der Waals surface area contributed by atoms with Gasteiger partial charge < -0.3 is 9.80 Å². The second kappa shape index (κ2) is 10.6. The molecule has 10 heteroatoms. The van der Waals surface area contributed by atoms with Gasteiger partial charge in [-0.3, -0.25) is 18.9 Å². The zero-order valence-electron chi connectivity index (χ0n) is 20.8. The van der Waals surface area contributed by atoms with E-state index in [0.29, 0.717) is 64.7 Å². The molecule has 0 bridgehead atoms. The van der Waals surface area contributed by atoms with E-state index in [0.717, 1.165) is 18.4 Å². The van der Waals surface area contributed by atoms with Crippen molar-refractivity contribution in [3.63, 3.8) is 0 Å². The summed E-state index contributed by atoms with van der Waals surface area (Å²) in [5.74, 6) is 0.104. The van der Waals surface area contributed by atoms with Crippen molar-refractivity contribution in [3.8, 4) is 0 Å². The number of amides is 1. The number of hydrogen-bond donors (Lipinski definition) is 0. The molecular formula is C27H28FN5O2S2. The van der Waals surface area contributed by atoms with E-state index in [-0.39, 0.29) is 17.3 Å². The molecule has 1 aromatic carbocycles. The zero-order chi connectivity index (χ0) is 26.1. The largest absolute Gasteiger partial charge is 0.366 e. The summed E-state index contributed by atoms with van der Waals surface area (Å²) in [5, 5.41) is 0. The molecule has 7 nitrogen and oxygen atoms in total. The Bertz CT molecular complexity index is 1460. The van der Waals surface area contributed by atoms with E-state index in [1.54, 1.807) is 29.3 Å². The number of halogens is 1. The molecule has 2 aliphatic rings. The van der Waals surface area contributed by atoms with Crippen LogP contribution in [0.2, 0.25) is 0 Å². The van der Waals surface area contributed by atoms with Gasteiger partial charge in [0.1, 0.15) is 21.6 Å². The lowest BCUT2D eigenvalue weighted by Crippen LogP contribution is -2.47. The number of thioether (sulfide) groups is 1. The molecule has 2 fully saturated rings. The summed E-state index contributed by atoms with van der Waals surface area (Å²) in [6.07, 6.45) is 5.22. The van der Waals surface area contributed by atoms with Gasteiger partial charge in [-0.25, -0.2) is 9.37 Å². The number of fused-ring (bicyclic) bond motifs is 1. The number of aryl methyl sites for hydroxylation is 1. The number of rotatable bonds is 6. The molecule has 0 aliphatic carbocycles. The Morgan fingerprint density at radius 3 is 2.54 bits per heavy atom. The third-order valence-electron chi connectivity index (χ3n) is 6.64. The van der Waals surface area contributed by atoms with E-state index in [1.807, 2.05) is 34.9 Å². The first-order valence-corrected chi connectivity index (χ1v) is 13.6. The van der Waals surface area contributed by atoms with E-state index in [9.17, 15) is 14.0 Å². The summed E-state index contributed by atoms with van der Waals surface area (Å²) in [6, 6.07) is 10.5. The molecule has 192 valence electrons. The molecule has 37 heavy (non-hydrogen) atoms. The van der Waals surface area contributed by atoms with Crippen LogP contribution in [0, 0.1) is 12.7 Å². The minimum atomic E-state index is -0.251. The van der Waals surface area contributed by atoms with Gasteiger partial charge in [0, 0.05) is 38.9 Å². The van der Waals surface area contributed by atoms with Gasteiger partial charge in [-0.15, -0.1) is 0 Å². The number of carbonyl (C=O) groups excluding carboxylic acids is 1. The van der Waals surface area contributed by atoms with E-state index < -0.39 is 0 Å². The maximum absolute atomic E-state index is 14.4. The van der Waals surface area contributed by atoms with Gasteiger partial charge in [-0.05, 0) is 43.2 Å². The maximum atomic E-state index is 14.4. The minimum absolute atomic E-state index is 0.174. The number of anilines is 2. The number of benzene rings is 1. The summed E-state index contributed by atoms with van der Waals surface area (Å²) < 4.78 is 16.4. The highest BCUT2D eigenvalue weighted by Gasteiger charge is 2.33. The molecule has 2 aromatic heterocycles. The van der Waals surface area contributed by atoms with Crippen LogP contribution in [0.15, 0.2) is 52.3 Å². The topological polar surface area (TPSA) is 61.2 Å². The van der Waals surface area contributed by atoms with Crippen LogP contribution in [0.25, 0.3) is 11.7 Å². The van der Waals surface area contributed by atoms with Crippen molar-refractivity contribution in [1.82, 2.24) is 14.3 Å². The summed E-state index contributed by atoms with van der Waals surface area (Å²) in [7, 11) is 0. The Morgan fingerprint density at radius 2 is 1.81 bits per heavy atom. The molecule has 0 atom stereocenters.